The number of para-hydroxylation sites is 1. The molecule has 3 aromatic rings. The number of benzene rings is 1. The predicted octanol–water partition coefficient (Wildman–Crippen LogP) is 3.87. The summed E-state index contributed by atoms with van der Waals surface area (Å²) >= 11 is 1.31. The van der Waals surface area contributed by atoms with Gasteiger partial charge in [0, 0.05) is 16.0 Å². The molecular weight excluding hydrogens is 290 g/mol. The van der Waals surface area contributed by atoms with E-state index in [1.165, 1.54) is 15.3 Å². The van der Waals surface area contributed by atoms with Crippen LogP contribution in [0.4, 0.5) is 0 Å². The summed E-state index contributed by atoms with van der Waals surface area (Å²) in [4.78, 5) is 0.995. The van der Waals surface area contributed by atoms with E-state index in [1.54, 1.807) is 6.07 Å². The van der Waals surface area contributed by atoms with E-state index >= 15 is 0 Å². The van der Waals surface area contributed by atoms with Crippen LogP contribution in [0.1, 0.15) is 16.1 Å². The van der Waals surface area contributed by atoms with Gasteiger partial charge in [-0.05, 0) is 44.5 Å². The van der Waals surface area contributed by atoms with Gasteiger partial charge < -0.3 is 0 Å². The van der Waals surface area contributed by atoms with E-state index in [0.29, 0.717) is 4.21 Å². The highest BCUT2D eigenvalue weighted by molar-refractivity contribution is 7.92. The molecule has 0 fully saturated rings. The number of thiophene rings is 1. The molecule has 104 valence electrons. The van der Waals surface area contributed by atoms with E-state index in [0.717, 1.165) is 27.0 Å². The third-order valence-electron chi connectivity index (χ3n) is 3.58. The van der Waals surface area contributed by atoms with Gasteiger partial charge in [-0.1, -0.05) is 18.2 Å². The molecule has 0 saturated heterocycles. The molecular formula is C15H15NO2S2. The minimum absolute atomic E-state index is 0.388. The van der Waals surface area contributed by atoms with Crippen LogP contribution < -0.4 is 0 Å². The molecule has 0 unspecified atom stereocenters. The van der Waals surface area contributed by atoms with Gasteiger partial charge in [-0.2, -0.15) is 8.42 Å². The molecule has 5 heteroatoms. The van der Waals surface area contributed by atoms with E-state index in [1.807, 2.05) is 51.1 Å². The maximum atomic E-state index is 12.9. The minimum Gasteiger partial charge on any atom is -0.237 e. The fourth-order valence-electron chi connectivity index (χ4n) is 2.45. The first-order chi connectivity index (χ1) is 9.43. The van der Waals surface area contributed by atoms with Gasteiger partial charge in [-0.25, -0.2) is 3.97 Å². The first-order valence-corrected chi connectivity index (χ1v) is 8.57. The van der Waals surface area contributed by atoms with Crippen molar-refractivity contribution in [3.8, 4) is 0 Å². The van der Waals surface area contributed by atoms with Crippen molar-refractivity contribution in [1.29, 1.82) is 0 Å². The van der Waals surface area contributed by atoms with Crippen LogP contribution in [-0.2, 0) is 10.0 Å². The van der Waals surface area contributed by atoms with Crippen molar-refractivity contribution in [2.24, 2.45) is 0 Å². The van der Waals surface area contributed by atoms with Gasteiger partial charge in [0.1, 0.15) is 4.21 Å². The normalized spacial score (nSPS) is 12.2. The molecule has 0 amide bonds. The number of rotatable bonds is 2. The summed E-state index contributed by atoms with van der Waals surface area (Å²) in [6, 6.07) is 11.1. The van der Waals surface area contributed by atoms with Crippen LogP contribution in [0, 0.1) is 20.8 Å². The minimum atomic E-state index is -3.52. The lowest BCUT2D eigenvalue weighted by Crippen LogP contribution is -2.13. The van der Waals surface area contributed by atoms with Gasteiger partial charge in [-0.15, -0.1) is 11.3 Å². The lowest BCUT2D eigenvalue weighted by molar-refractivity contribution is 0.590. The van der Waals surface area contributed by atoms with Gasteiger partial charge in [0.05, 0.1) is 5.52 Å². The molecule has 0 aliphatic carbocycles. The van der Waals surface area contributed by atoms with E-state index in [4.69, 9.17) is 0 Å². The number of aryl methyl sites for hydroxylation is 2. The molecule has 0 N–H and O–H groups in total. The average molecular weight is 305 g/mol. The number of hydrogen-bond acceptors (Lipinski definition) is 3. The maximum absolute atomic E-state index is 12.9. The largest absolute Gasteiger partial charge is 0.277 e. The number of aromatic nitrogens is 1. The molecule has 0 aliphatic heterocycles. The Balaban J connectivity index is 2.38. The number of hydrogen-bond donors (Lipinski definition) is 0. The van der Waals surface area contributed by atoms with Crippen molar-refractivity contribution in [3.05, 3.63) is 52.5 Å². The van der Waals surface area contributed by atoms with Crippen LogP contribution in [0.3, 0.4) is 0 Å². The SMILES string of the molecule is Cc1ccc(S(=O)(=O)n2c(C)c(C)c3ccccc32)s1. The van der Waals surface area contributed by atoms with Gasteiger partial charge >= 0.3 is 0 Å². The van der Waals surface area contributed by atoms with Gasteiger partial charge in [0.25, 0.3) is 10.0 Å². The Labute approximate surface area is 122 Å². The van der Waals surface area contributed by atoms with E-state index < -0.39 is 10.0 Å². The Morgan fingerprint density at radius 2 is 1.70 bits per heavy atom. The van der Waals surface area contributed by atoms with E-state index in [2.05, 4.69) is 0 Å². The molecule has 1 aromatic carbocycles. The average Bonchev–Trinajstić information content (AvgIpc) is 2.95. The van der Waals surface area contributed by atoms with Crippen molar-refractivity contribution in [3.63, 3.8) is 0 Å². The summed E-state index contributed by atoms with van der Waals surface area (Å²) in [5, 5.41) is 0.988. The molecule has 0 saturated carbocycles. The summed E-state index contributed by atoms with van der Waals surface area (Å²) in [5.41, 5.74) is 2.53. The van der Waals surface area contributed by atoms with Crippen LogP contribution in [0.2, 0.25) is 0 Å². The highest BCUT2D eigenvalue weighted by Gasteiger charge is 2.24. The van der Waals surface area contributed by atoms with Crippen LogP contribution in [0.25, 0.3) is 10.9 Å². The highest BCUT2D eigenvalue weighted by atomic mass is 32.2. The quantitative estimate of drug-likeness (QED) is 0.721. The summed E-state index contributed by atoms with van der Waals surface area (Å²) in [7, 11) is -3.52. The summed E-state index contributed by atoms with van der Waals surface area (Å²) in [6.45, 7) is 5.73. The molecule has 0 spiro atoms. The molecule has 0 aliphatic rings. The second kappa shape index (κ2) is 4.46. The zero-order valence-electron chi connectivity index (χ0n) is 11.5. The highest BCUT2D eigenvalue weighted by Crippen LogP contribution is 2.31. The van der Waals surface area contributed by atoms with Crippen LogP contribution in [0.5, 0.6) is 0 Å². The Kier molecular flexibility index (Phi) is 2.99. The second-order valence-corrected chi connectivity index (χ2v) is 8.16. The molecule has 3 rings (SSSR count). The number of fused-ring (bicyclic) bond motifs is 1. The third kappa shape index (κ3) is 1.81. The zero-order valence-corrected chi connectivity index (χ0v) is 13.2. The zero-order chi connectivity index (χ0) is 14.5. The smallest absolute Gasteiger partial charge is 0.237 e. The lowest BCUT2D eigenvalue weighted by Gasteiger charge is -2.08. The lowest BCUT2D eigenvalue weighted by atomic mass is 10.2. The summed E-state index contributed by atoms with van der Waals surface area (Å²) in [5.74, 6) is 0. The van der Waals surface area contributed by atoms with Crippen LogP contribution in [-0.4, -0.2) is 12.4 Å². The molecule has 3 nitrogen and oxygen atoms in total. The first kappa shape index (κ1) is 13.4. The third-order valence-corrected chi connectivity index (χ3v) is 6.86. The predicted molar refractivity (Wildman–Crippen MR) is 83.1 cm³/mol. The Morgan fingerprint density at radius 1 is 1.00 bits per heavy atom. The molecule has 20 heavy (non-hydrogen) atoms. The Bertz CT molecular complexity index is 901. The fraction of sp³-hybridized carbons (Fsp3) is 0.200. The molecule has 0 atom stereocenters. The van der Waals surface area contributed by atoms with Gasteiger partial charge in [-0.3, -0.25) is 0 Å². The fourth-order valence-corrected chi connectivity index (χ4v) is 5.41. The van der Waals surface area contributed by atoms with Crippen molar-refractivity contribution in [2.75, 3.05) is 0 Å². The van der Waals surface area contributed by atoms with Crippen molar-refractivity contribution in [2.45, 2.75) is 25.0 Å². The topological polar surface area (TPSA) is 39.1 Å². The van der Waals surface area contributed by atoms with Crippen molar-refractivity contribution in [1.82, 2.24) is 3.97 Å². The van der Waals surface area contributed by atoms with Crippen LogP contribution in [0.15, 0.2) is 40.6 Å². The van der Waals surface area contributed by atoms with E-state index in [-0.39, 0.29) is 0 Å². The molecule has 0 bridgehead atoms. The Morgan fingerprint density at radius 3 is 2.35 bits per heavy atom. The molecule has 2 heterocycles. The van der Waals surface area contributed by atoms with Gasteiger partial charge in [0.2, 0.25) is 0 Å². The van der Waals surface area contributed by atoms with E-state index in [9.17, 15) is 8.42 Å². The van der Waals surface area contributed by atoms with Crippen LogP contribution >= 0.6 is 11.3 Å². The summed E-state index contributed by atoms with van der Waals surface area (Å²) in [6.07, 6.45) is 0. The first-order valence-electron chi connectivity index (χ1n) is 6.31. The van der Waals surface area contributed by atoms with Gasteiger partial charge in [0.15, 0.2) is 0 Å². The summed E-state index contributed by atoms with van der Waals surface area (Å²) < 4.78 is 27.6. The standard InChI is InChI=1S/C15H15NO2S2/c1-10-8-9-15(19-10)20(17,18)16-12(3)11(2)13-6-4-5-7-14(13)16/h4-9H,1-3H3. The monoisotopic (exact) mass is 305 g/mol. The molecule has 0 radical (unpaired) electrons. The van der Waals surface area contributed by atoms with Crippen molar-refractivity contribution >= 4 is 32.3 Å². The maximum Gasteiger partial charge on any atom is 0.277 e. The van der Waals surface area contributed by atoms with Crippen molar-refractivity contribution < 1.29 is 8.42 Å². The Hall–Kier alpha value is -1.59. The second-order valence-electron chi connectivity index (χ2n) is 4.86. The molecule has 2 aromatic heterocycles. The number of nitrogens with zero attached hydrogens (tertiary/aromatic N) is 1.